The molecule has 28 heteroatoms. The van der Waals surface area contributed by atoms with E-state index < -0.39 is 46.3 Å². The number of rotatable bonds is 9. The van der Waals surface area contributed by atoms with Crippen LogP contribution in [0.25, 0.3) is 37.9 Å². The number of hydrogen-bond donors (Lipinski definition) is 0. The maximum atomic E-state index is 12.7. The highest BCUT2D eigenvalue weighted by molar-refractivity contribution is 7.91. The number of amides is 3. The highest BCUT2D eigenvalue weighted by atomic mass is 32.2. The molecule has 3 saturated heterocycles. The first-order chi connectivity index (χ1) is 55.1. The van der Waals surface area contributed by atoms with Gasteiger partial charge in [0, 0.05) is 118 Å². The zero-order valence-corrected chi connectivity index (χ0v) is 72.0. The largest absolute Gasteiger partial charge is 0.444 e. The zero-order valence-electron chi connectivity index (χ0n) is 69.5. The molecular formula is C89H106N10O15S3. The Hall–Kier alpha value is -9.58. The summed E-state index contributed by atoms with van der Waals surface area (Å²) < 4.78 is 111. The lowest BCUT2D eigenvalue weighted by Crippen LogP contribution is -2.62. The Morgan fingerprint density at radius 2 is 0.821 bits per heavy atom. The van der Waals surface area contributed by atoms with E-state index in [1.54, 1.807) is 14.7 Å². The second-order valence-electron chi connectivity index (χ2n) is 35.2. The highest BCUT2D eigenvalue weighted by Crippen LogP contribution is 2.46. The van der Waals surface area contributed by atoms with Crippen LogP contribution in [-0.4, -0.2) is 176 Å². The first-order valence-corrected chi connectivity index (χ1v) is 45.8. The van der Waals surface area contributed by atoms with E-state index in [0.29, 0.717) is 108 Å². The molecule has 117 heavy (non-hydrogen) atoms. The molecule has 1 spiro atoms. The molecular weight excluding hydrogens is 1550 g/mol. The van der Waals surface area contributed by atoms with E-state index >= 15 is 0 Å². The van der Waals surface area contributed by atoms with Crippen molar-refractivity contribution in [2.75, 3.05) is 76.0 Å². The quantitative estimate of drug-likeness (QED) is 0.0957. The van der Waals surface area contributed by atoms with Crippen LogP contribution in [0.5, 0.6) is 0 Å². The molecule has 7 aliphatic heterocycles. The maximum Gasteiger partial charge on any atom is 0.410 e. The molecule has 3 fully saturated rings. The van der Waals surface area contributed by atoms with Crippen molar-refractivity contribution < 1.29 is 68.1 Å². The van der Waals surface area contributed by atoms with Gasteiger partial charge in [0.25, 0.3) is 0 Å². The van der Waals surface area contributed by atoms with Crippen LogP contribution in [0, 0.1) is 26.2 Å². The molecule has 25 nitrogen and oxygen atoms in total. The molecule has 10 heterocycles. The van der Waals surface area contributed by atoms with E-state index in [2.05, 4.69) is 134 Å². The van der Waals surface area contributed by atoms with Crippen LogP contribution in [0.15, 0.2) is 131 Å². The van der Waals surface area contributed by atoms with Gasteiger partial charge in [0.15, 0.2) is 0 Å². The SMILES string of the molecule is Cc1cccc2cccc(C3Cc4nc(S(C)(=O)=O)nc(C5=CCN(C(=O)OC(C)(C)C)CC5)c4CO3)c12.Cc1cccc2cccc(C3Cc4nc(S(C)(=O)=O)nc(C5CCN(C(=O)OC(C)(C)C)CC5)c4CO3)c12.Cc1cccc2cccc(C3Cc4nc(S(C)(=O)=O)nc(N5CCC6(CC5)CN(C(=O)OC(C)(C)C)C6)c4CO3)c12. The Morgan fingerprint density at radius 3 is 1.24 bits per heavy atom. The van der Waals surface area contributed by atoms with E-state index in [4.69, 9.17) is 28.4 Å². The number of anilines is 1. The summed E-state index contributed by atoms with van der Waals surface area (Å²) in [6.45, 7) is 28.5. The molecule has 9 aromatic rings. The van der Waals surface area contributed by atoms with Crippen LogP contribution in [0.3, 0.4) is 0 Å². The van der Waals surface area contributed by atoms with Gasteiger partial charge in [0.05, 0.1) is 66.6 Å². The summed E-state index contributed by atoms with van der Waals surface area (Å²) in [6, 6.07) is 37.3. The zero-order chi connectivity index (χ0) is 83.6. The first-order valence-electron chi connectivity index (χ1n) is 40.1. The second kappa shape index (κ2) is 32.6. The molecule has 0 radical (unpaired) electrons. The van der Waals surface area contributed by atoms with Crippen LogP contribution in [0.4, 0.5) is 20.2 Å². The molecule has 0 aliphatic carbocycles. The molecule has 16 rings (SSSR count). The van der Waals surface area contributed by atoms with Gasteiger partial charge in [0.2, 0.25) is 45.0 Å². The molecule has 3 atom stereocenters. The van der Waals surface area contributed by atoms with E-state index in [1.807, 2.05) is 98.7 Å². The van der Waals surface area contributed by atoms with Gasteiger partial charge >= 0.3 is 18.3 Å². The molecule has 0 saturated carbocycles. The summed E-state index contributed by atoms with van der Waals surface area (Å²) in [5.41, 5.74) is 12.1. The number of piperidine rings is 2. The Bertz CT molecular complexity index is 5760. The third kappa shape index (κ3) is 18.8. The van der Waals surface area contributed by atoms with Crippen molar-refractivity contribution in [3.8, 4) is 0 Å². The molecule has 7 aliphatic rings. The second-order valence-corrected chi connectivity index (χ2v) is 40.9. The fourth-order valence-electron chi connectivity index (χ4n) is 17.0. The van der Waals surface area contributed by atoms with E-state index in [-0.39, 0.29) is 70.0 Å². The molecule has 3 aromatic heterocycles. The van der Waals surface area contributed by atoms with Gasteiger partial charge in [-0.3, -0.25) is 0 Å². The molecule has 0 bridgehead atoms. The van der Waals surface area contributed by atoms with Crippen LogP contribution >= 0.6 is 0 Å². The van der Waals surface area contributed by atoms with Crippen molar-refractivity contribution in [1.29, 1.82) is 0 Å². The van der Waals surface area contributed by atoms with E-state index in [0.717, 1.165) is 133 Å². The number of sulfone groups is 3. The average Bonchev–Trinajstić information content (AvgIpc) is 0.744. The van der Waals surface area contributed by atoms with Crippen LogP contribution in [0.1, 0.15) is 197 Å². The van der Waals surface area contributed by atoms with Crippen LogP contribution in [0.2, 0.25) is 0 Å². The number of nitrogens with zero attached hydrogens (tertiary/aromatic N) is 10. The Balaban J connectivity index is 0.000000145. The third-order valence-corrected chi connectivity index (χ3v) is 25.2. The first kappa shape index (κ1) is 83.9. The normalized spacial score (nSPS) is 19.2. The number of aryl methyl sites for hydroxylation is 3. The molecule has 6 aromatic carbocycles. The maximum absolute atomic E-state index is 12.7. The predicted molar refractivity (Wildman–Crippen MR) is 447 cm³/mol. The van der Waals surface area contributed by atoms with Crippen LogP contribution in [-0.2, 0) is 97.0 Å². The number of carbonyl (C=O) groups excluding carboxylic acids is 3. The number of fused-ring (bicyclic) bond motifs is 6. The lowest BCUT2D eigenvalue weighted by atomic mass is 9.72. The summed E-state index contributed by atoms with van der Waals surface area (Å²) in [5, 5.41) is 6.46. The molecule has 620 valence electrons. The molecule has 0 N–H and O–H groups in total. The summed E-state index contributed by atoms with van der Waals surface area (Å²) in [7, 11) is -10.9. The van der Waals surface area contributed by atoms with Gasteiger partial charge < -0.3 is 48.0 Å². The Labute approximate surface area is 686 Å². The fourth-order valence-corrected chi connectivity index (χ4v) is 18.6. The topological polar surface area (TPSA) is 299 Å². The van der Waals surface area contributed by atoms with Gasteiger partial charge in [-0.2, -0.15) is 0 Å². The van der Waals surface area contributed by atoms with Gasteiger partial charge in [0.1, 0.15) is 22.6 Å². The smallest absolute Gasteiger partial charge is 0.410 e. The Morgan fingerprint density at radius 1 is 0.444 bits per heavy atom. The van der Waals surface area contributed by atoms with Gasteiger partial charge in [-0.25, -0.2) is 69.5 Å². The number of aromatic nitrogens is 6. The monoisotopic (exact) mass is 1650 g/mol. The van der Waals surface area contributed by atoms with Crippen molar-refractivity contribution in [2.45, 2.75) is 211 Å². The minimum atomic E-state index is -3.64. The van der Waals surface area contributed by atoms with Crippen molar-refractivity contribution in [1.82, 2.24) is 44.6 Å². The average molecular weight is 1650 g/mol. The summed E-state index contributed by atoms with van der Waals surface area (Å²) >= 11 is 0. The van der Waals surface area contributed by atoms with E-state index in [1.165, 1.54) is 16.5 Å². The van der Waals surface area contributed by atoms with Crippen LogP contribution < -0.4 is 4.90 Å². The third-order valence-electron chi connectivity index (χ3n) is 22.6. The number of carbonyl (C=O) groups is 3. The predicted octanol–water partition coefficient (Wildman–Crippen LogP) is 15.4. The minimum Gasteiger partial charge on any atom is -0.444 e. The van der Waals surface area contributed by atoms with Gasteiger partial charge in [-0.15, -0.1) is 0 Å². The Kier molecular flexibility index (Phi) is 23.4. The summed E-state index contributed by atoms with van der Waals surface area (Å²) in [5.74, 6) is 0.659. The number of hydrogen-bond acceptors (Lipinski definition) is 22. The fraction of sp³-hybridized carbons (Fsp3) is 0.472. The van der Waals surface area contributed by atoms with Gasteiger partial charge in [-0.1, -0.05) is 115 Å². The van der Waals surface area contributed by atoms with Crippen molar-refractivity contribution in [3.63, 3.8) is 0 Å². The lowest BCUT2D eigenvalue weighted by molar-refractivity contribution is -0.0435. The minimum absolute atomic E-state index is 0.00545. The summed E-state index contributed by atoms with van der Waals surface area (Å²) in [6.07, 6.45) is 8.68. The lowest BCUT2D eigenvalue weighted by Gasteiger charge is -2.53. The van der Waals surface area contributed by atoms with Crippen molar-refractivity contribution >= 4 is 91.5 Å². The van der Waals surface area contributed by atoms with E-state index in [9.17, 15) is 39.6 Å². The highest BCUT2D eigenvalue weighted by Gasteiger charge is 2.49. The number of likely N-dealkylation sites (tertiary alicyclic amines) is 2. The molecule has 3 amide bonds. The van der Waals surface area contributed by atoms with Gasteiger partial charge in [-0.05, 0) is 186 Å². The standard InChI is InChI=1S/C31H38N4O5S.C29H35N3O5S.C29H33N3O5S/c1-20-8-6-9-21-10-7-11-22(26(20)21)25-16-24-23(17-39-25)27(33-28(32-24)41(5,37)38)34-14-12-31(13-15-34)18-35(19-31)29(36)40-30(2,3)4;2*1-18-8-6-9-19-10-7-11-21(25(18)19)24-16-23-22(17-36-24)26(31-27(30-23)38(5,34)35)20-12-14-32(15-13-20)28(33)37-29(2,3)4/h6-11,25H,12-19H2,1-5H3;6-11,20,24H,12-17H2,1-5H3;6-12,24H,13-17H2,1-5H3. The van der Waals surface area contributed by atoms with Crippen molar-refractivity contribution in [2.24, 2.45) is 5.41 Å². The summed E-state index contributed by atoms with van der Waals surface area (Å²) in [4.78, 5) is 72.1. The molecule has 3 unspecified atom stereocenters. The number of ether oxygens (including phenoxy) is 6. The number of benzene rings is 6. The van der Waals surface area contributed by atoms with Crippen molar-refractivity contribution in [3.05, 3.63) is 194 Å².